The first-order valence-electron chi connectivity index (χ1n) is 7.78. The van der Waals surface area contributed by atoms with Crippen LogP contribution in [0.5, 0.6) is 5.75 Å². The molecule has 1 aromatic carbocycles. The summed E-state index contributed by atoms with van der Waals surface area (Å²) >= 11 is 0. The quantitative estimate of drug-likeness (QED) is 0.301. The summed E-state index contributed by atoms with van der Waals surface area (Å²) in [6.45, 7) is 3.69. The van der Waals surface area contributed by atoms with E-state index in [1.807, 2.05) is 6.08 Å². The van der Waals surface area contributed by atoms with Gasteiger partial charge in [0.25, 0.3) is 0 Å². The average molecular weight is 304 g/mol. The van der Waals surface area contributed by atoms with Crippen molar-refractivity contribution in [3.63, 3.8) is 0 Å². The molecular weight excluding hydrogens is 280 g/mol. The molecule has 0 saturated carbocycles. The van der Waals surface area contributed by atoms with Gasteiger partial charge in [0.05, 0.1) is 5.56 Å². The van der Waals surface area contributed by atoms with Gasteiger partial charge < -0.3 is 9.84 Å². The number of phenolic OH excluding ortho intramolecular Hbond substituents is 1. The molecule has 0 unspecified atom stereocenters. The van der Waals surface area contributed by atoms with E-state index in [1.54, 1.807) is 0 Å². The molecule has 0 atom stereocenters. The molecule has 0 fully saturated rings. The Kier molecular flexibility index (Phi) is 8.65. The fourth-order valence-electron chi connectivity index (χ4n) is 2.08. The number of esters is 2. The van der Waals surface area contributed by atoms with Crippen LogP contribution in [0.4, 0.5) is 0 Å². The van der Waals surface area contributed by atoms with E-state index >= 15 is 0 Å². The fourth-order valence-corrected chi connectivity index (χ4v) is 2.08. The monoisotopic (exact) mass is 304 g/mol. The lowest BCUT2D eigenvalue weighted by molar-refractivity contribution is -0.138. The second-order valence-corrected chi connectivity index (χ2v) is 5.26. The number of benzene rings is 1. The van der Waals surface area contributed by atoms with Crippen molar-refractivity contribution in [2.75, 3.05) is 0 Å². The molecule has 0 radical (unpaired) electrons. The Morgan fingerprint density at radius 3 is 2.23 bits per heavy atom. The van der Waals surface area contributed by atoms with E-state index in [4.69, 9.17) is 9.84 Å². The molecule has 4 heteroatoms. The van der Waals surface area contributed by atoms with Gasteiger partial charge in [0.2, 0.25) is 0 Å². The first-order valence-corrected chi connectivity index (χ1v) is 7.78. The van der Waals surface area contributed by atoms with Gasteiger partial charge in [0.15, 0.2) is 0 Å². The van der Waals surface area contributed by atoms with Crippen LogP contribution in [-0.4, -0.2) is 17.0 Å². The van der Waals surface area contributed by atoms with Crippen molar-refractivity contribution in [2.24, 2.45) is 0 Å². The lowest BCUT2D eigenvalue weighted by Gasteiger charge is -2.04. The largest absolute Gasteiger partial charge is 0.508 e. The predicted molar refractivity (Wildman–Crippen MR) is 85.7 cm³/mol. The van der Waals surface area contributed by atoms with E-state index < -0.39 is 11.9 Å². The number of rotatable bonds is 10. The zero-order valence-corrected chi connectivity index (χ0v) is 12.9. The van der Waals surface area contributed by atoms with Gasteiger partial charge in [0, 0.05) is 6.42 Å². The third kappa shape index (κ3) is 7.62. The Morgan fingerprint density at radius 2 is 1.59 bits per heavy atom. The van der Waals surface area contributed by atoms with Crippen LogP contribution in [0.3, 0.4) is 0 Å². The highest BCUT2D eigenvalue weighted by atomic mass is 16.6. The molecule has 1 N–H and O–H groups in total. The number of phenols is 1. The van der Waals surface area contributed by atoms with E-state index in [0.717, 1.165) is 32.1 Å². The smallest absolute Gasteiger partial charge is 0.345 e. The maximum absolute atomic E-state index is 11.7. The molecule has 0 aliphatic carbocycles. The first kappa shape index (κ1) is 18.0. The van der Waals surface area contributed by atoms with Gasteiger partial charge in [-0.2, -0.15) is 0 Å². The maximum atomic E-state index is 11.7. The highest BCUT2D eigenvalue weighted by molar-refractivity contribution is 5.96. The van der Waals surface area contributed by atoms with Crippen molar-refractivity contribution in [2.45, 2.75) is 51.4 Å². The highest BCUT2D eigenvalue weighted by Gasteiger charge is 2.12. The van der Waals surface area contributed by atoms with Gasteiger partial charge in [-0.25, -0.2) is 4.79 Å². The lowest BCUT2D eigenvalue weighted by Crippen LogP contribution is -2.12. The van der Waals surface area contributed by atoms with Crippen molar-refractivity contribution >= 4 is 11.9 Å². The molecule has 0 heterocycles. The summed E-state index contributed by atoms with van der Waals surface area (Å²) in [5.74, 6) is -1.10. The molecule has 0 aromatic heterocycles. The van der Waals surface area contributed by atoms with Crippen LogP contribution in [0.2, 0.25) is 0 Å². The van der Waals surface area contributed by atoms with Gasteiger partial charge >= 0.3 is 11.9 Å². The van der Waals surface area contributed by atoms with Crippen LogP contribution in [0.25, 0.3) is 0 Å². The SMILES string of the molecule is C=CCCCCCCCCC(=O)OC(=O)c1ccc(O)cc1. The number of aromatic hydroxyl groups is 1. The van der Waals surface area contributed by atoms with Crippen molar-refractivity contribution in [3.8, 4) is 5.75 Å². The van der Waals surface area contributed by atoms with Crippen molar-refractivity contribution < 1.29 is 19.4 Å². The van der Waals surface area contributed by atoms with E-state index in [9.17, 15) is 9.59 Å². The standard InChI is InChI=1S/C18H24O4/c1-2-3-4-5-6-7-8-9-10-17(20)22-18(21)15-11-13-16(19)14-12-15/h2,11-14,19H,1,3-10H2. The number of carbonyl (C=O) groups excluding carboxylic acids is 2. The molecule has 0 aliphatic heterocycles. The Hall–Kier alpha value is -2.10. The van der Waals surface area contributed by atoms with E-state index in [-0.39, 0.29) is 17.7 Å². The van der Waals surface area contributed by atoms with Crippen LogP contribution in [0, 0.1) is 0 Å². The summed E-state index contributed by atoms with van der Waals surface area (Å²) in [5, 5.41) is 9.13. The number of hydrogen-bond acceptors (Lipinski definition) is 4. The number of carbonyl (C=O) groups is 2. The minimum absolute atomic E-state index is 0.0657. The van der Waals surface area contributed by atoms with Crippen LogP contribution >= 0.6 is 0 Å². The molecule has 0 saturated heterocycles. The Bertz CT molecular complexity index is 476. The van der Waals surface area contributed by atoms with E-state index in [2.05, 4.69) is 6.58 Å². The summed E-state index contributed by atoms with van der Waals surface area (Å²) in [7, 11) is 0. The van der Waals surface area contributed by atoms with E-state index in [0.29, 0.717) is 0 Å². The summed E-state index contributed by atoms with van der Waals surface area (Å²) < 4.78 is 4.77. The Balaban J connectivity index is 2.11. The van der Waals surface area contributed by atoms with Crippen molar-refractivity contribution in [1.29, 1.82) is 0 Å². The topological polar surface area (TPSA) is 63.6 Å². The van der Waals surface area contributed by atoms with Gasteiger partial charge in [-0.05, 0) is 43.5 Å². The molecule has 1 rings (SSSR count). The van der Waals surface area contributed by atoms with Gasteiger partial charge in [-0.3, -0.25) is 4.79 Å². The molecule has 0 bridgehead atoms. The van der Waals surface area contributed by atoms with Crippen LogP contribution in [0.15, 0.2) is 36.9 Å². The zero-order valence-electron chi connectivity index (χ0n) is 12.9. The second kappa shape index (κ2) is 10.6. The molecule has 0 spiro atoms. The zero-order chi connectivity index (χ0) is 16.2. The molecule has 1 aromatic rings. The molecular formula is C18H24O4. The molecule has 120 valence electrons. The minimum Gasteiger partial charge on any atom is -0.508 e. The summed E-state index contributed by atoms with van der Waals surface area (Å²) in [6.07, 6.45) is 9.58. The number of hydrogen-bond donors (Lipinski definition) is 1. The third-order valence-corrected chi connectivity index (χ3v) is 3.35. The summed E-state index contributed by atoms with van der Waals surface area (Å²) in [5.41, 5.74) is 0.258. The first-order chi connectivity index (χ1) is 10.6. The predicted octanol–water partition coefficient (Wildman–Crippen LogP) is 4.38. The normalized spacial score (nSPS) is 10.2. The number of allylic oxidation sites excluding steroid dienone is 1. The van der Waals surface area contributed by atoms with Gasteiger partial charge in [-0.15, -0.1) is 6.58 Å². The average Bonchev–Trinajstić information content (AvgIpc) is 2.50. The highest BCUT2D eigenvalue weighted by Crippen LogP contribution is 2.12. The fraction of sp³-hybridized carbons (Fsp3) is 0.444. The summed E-state index contributed by atoms with van der Waals surface area (Å²) in [4.78, 5) is 23.2. The van der Waals surface area contributed by atoms with Crippen molar-refractivity contribution in [1.82, 2.24) is 0 Å². The van der Waals surface area contributed by atoms with Crippen LogP contribution in [-0.2, 0) is 9.53 Å². The second-order valence-electron chi connectivity index (χ2n) is 5.26. The number of ether oxygens (including phenoxy) is 1. The van der Waals surface area contributed by atoms with Crippen LogP contribution < -0.4 is 0 Å². The Morgan fingerprint density at radius 1 is 1.00 bits per heavy atom. The van der Waals surface area contributed by atoms with Gasteiger partial charge in [0.1, 0.15) is 5.75 Å². The third-order valence-electron chi connectivity index (χ3n) is 3.35. The summed E-state index contributed by atoms with van der Waals surface area (Å²) in [6, 6.07) is 5.61. The van der Waals surface area contributed by atoms with Crippen LogP contribution in [0.1, 0.15) is 61.7 Å². The number of unbranched alkanes of at least 4 members (excludes halogenated alkanes) is 6. The molecule has 22 heavy (non-hydrogen) atoms. The lowest BCUT2D eigenvalue weighted by atomic mass is 10.1. The molecule has 0 amide bonds. The molecule has 0 aliphatic rings. The van der Waals surface area contributed by atoms with E-state index in [1.165, 1.54) is 37.1 Å². The van der Waals surface area contributed by atoms with Crippen molar-refractivity contribution in [3.05, 3.63) is 42.5 Å². The minimum atomic E-state index is -0.672. The Labute approximate surface area is 131 Å². The molecule has 4 nitrogen and oxygen atoms in total. The van der Waals surface area contributed by atoms with Gasteiger partial charge in [-0.1, -0.05) is 31.8 Å². The maximum Gasteiger partial charge on any atom is 0.345 e.